The number of aryl methyl sites for hydroxylation is 1. The quantitative estimate of drug-likeness (QED) is 0.336. The Balaban J connectivity index is 1.67. The van der Waals surface area contributed by atoms with Gasteiger partial charge in [0.25, 0.3) is 21.8 Å². The highest BCUT2D eigenvalue weighted by atomic mass is 32.2. The maximum atomic E-state index is 13.0. The minimum absolute atomic E-state index is 0.0928. The van der Waals surface area contributed by atoms with Crippen LogP contribution in [0.4, 0.5) is 4.39 Å². The Morgan fingerprint density at radius 1 is 0.947 bits per heavy atom. The van der Waals surface area contributed by atoms with Crippen LogP contribution in [-0.4, -0.2) is 37.7 Å². The lowest BCUT2D eigenvalue weighted by Gasteiger charge is -2.12. The summed E-state index contributed by atoms with van der Waals surface area (Å²) in [6, 6.07) is 12.3. The number of carboxylic acids is 1. The Morgan fingerprint density at radius 2 is 1.68 bits per heavy atom. The van der Waals surface area contributed by atoms with E-state index in [1.807, 2.05) is 11.6 Å². The zero-order valence-electron chi connectivity index (χ0n) is 20.7. The summed E-state index contributed by atoms with van der Waals surface area (Å²) >= 11 is 0. The van der Waals surface area contributed by atoms with Crippen LogP contribution in [-0.2, 0) is 22.9 Å². The second-order valence-electron chi connectivity index (χ2n) is 8.57. The Hall–Kier alpha value is -4.12. The smallest absolute Gasteiger partial charge is 0.266 e. The van der Waals surface area contributed by atoms with Crippen molar-refractivity contribution in [2.24, 2.45) is 0 Å². The minimum Gasteiger partial charge on any atom is -0.543 e. The summed E-state index contributed by atoms with van der Waals surface area (Å²) in [4.78, 5) is 39.9. The van der Waals surface area contributed by atoms with Crippen molar-refractivity contribution >= 4 is 27.8 Å². The topological polar surface area (TPSA) is 145 Å². The van der Waals surface area contributed by atoms with E-state index in [1.54, 1.807) is 6.07 Å². The molecule has 2 amide bonds. The summed E-state index contributed by atoms with van der Waals surface area (Å²) in [5.74, 6) is -3.27. The van der Waals surface area contributed by atoms with Gasteiger partial charge in [0.2, 0.25) is 0 Å². The Kier molecular flexibility index (Phi) is 9.66. The van der Waals surface area contributed by atoms with Gasteiger partial charge in [0.05, 0.1) is 22.1 Å². The fraction of sp³-hybridized carbons (Fsp3) is 0.259. The van der Waals surface area contributed by atoms with Gasteiger partial charge in [0.1, 0.15) is 5.82 Å². The zero-order valence-corrected chi connectivity index (χ0v) is 21.5. The molecule has 0 aliphatic heterocycles. The second kappa shape index (κ2) is 12.9. The molecule has 0 aliphatic rings. The van der Waals surface area contributed by atoms with E-state index in [0.717, 1.165) is 19.0 Å². The SMILES string of the molecule is CCCCCc1cc(C(=O)NS(=O)(=O)c2cccc(CCNC(=O)c3ccc(F)cc3)c2)cnc1C(=O)[O-]. The lowest BCUT2D eigenvalue weighted by atomic mass is 10.0. The molecule has 3 rings (SSSR count). The molecule has 2 N–H and O–H groups in total. The van der Waals surface area contributed by atoms with Crippen LogP contribution < -0.4 is 15.1 Å². The first-order valence-corrected chi connectivity index (χ1v) is 13.5. The van der Waals surface area contributed by atoms with Crippen LogP contribution in [0.2, 0.25) is 0 Å². The molecule has 2 aromatic carbocycles. The summed E-state index contributed by atoms with van der Waals surface area (Å²) in [6.45, 7) is 2.19. The zero-order chi connectivity index (χ0) is 27.7. The molecule has 11 heteroatoms. The molecular formula is C27H27FN3O6S-. The molecule has 0 unspecified atom stereocenters. The molecular weight excluding hydrogens is 513 g/mol. The number of carboxylic acid groups (broad SMARTS) is 1. The van der Waals surface area contributed by atoms with Crippen LogP contribution in [0, 0.1) is 5.82 Å². The van der Waals surface area contributed by atoms with Crippen LogP contribution in [0.1, 0.15) is 68.5 Å². The van der Waals surface area contributed by atoms with Gasteiger partial charge in [-0.15, -0.1) is 0 Å². The standard InChI is InChI=1S/C27H28FN3O6S/c1-2-3-4-7-20-16-21(17-30-24(20)27(34)35)26(33)31-38(36,37)23-8-5-6-18(15-23)13-14-29-25(32)19-9-11-22(28)12-10-19/h5-6,8-12,15-17H,2-4,7,13-14H2,1H3,(H,29,32)(H,31,33)(H,34,35)/p-1. The summed E-state index contributed by atoms with van der Waals surface area (Å²) in [5.41, 5.74) is 0.816. The number of aromatic carboxylic acids is 1. The highest BCUT2D eigenvalue weighted by Gasteiger charge is 2.20. The monoisotopic (exact) mass is 540 g/mol. The van der Waals surface area contributed by atoms with E-state index in [-0.39, 0.29) is 22.7 Å². The maximum Gasteiger partial charge on any atom is 0.266 e. The Morgan fingerprint density at radius 3 is 2.37 bits per heavy atom. The molecule has 3 aromatic rings. The van der Waals surface area contributed by atoms with Crippen molar-refractivity contribution in [3.8, 4) is 0 Å². The number of nitrogens with zero attached hydrogens (tertiary/aromatic N) is 1. The van der Waals surface area contributed by atoms with E-state index >= 15 is 0 Å². The number of aromatic nitrogens is 1. The molecule has 0 radical (unpaired) electrons. The summed E-state index contributed by atoms with van der Waals surface area (Å²) < 4.78 is 40.8. The van der Waals surface area contributed by atoms with Crippen molar-refractivity contribution in [1.82, 2.24) is 15.0 Å². The summed E-state index contributed by atoms with van der Waals surface area (Å²) in [7, 11) is -4.26. The fourth-order valence-corrected chi connectivity index (χ4v) is 4.75. The third-order valence-corrected chi connectivity index (χ3v) is 7.04. The van der Waals surface area contributed by atoms with E-state index in [1.165, 1.54) is 48.5 Å². The van der Waals surface area contributed by atoms with Crippen molar-refractivity contribution in [3.05, 3.63) is 94.6 Å². The van der Waals surface area contributed by atoms with E-state index < -0.39 is 33.6 Å². The third kappa shape index (κ3) is 7.69. The average Bonchev–Trinajstić information content (AvgIpc) is 2.89. The lowest BCUT2D eigenvalue weighted by molar-refractivity contribution is -0.255. The Labute approximate surface area is 220 Å². The van der Waals surface area contributed by atoms with E-state index in [0.29, 0.717) is 36.0 Å². The molecule has 0 spiro atoms. The predicted molar refractivity (Wildman–Crippen MR) is 135 cm³/mol. The number of nitrogens with one attached hydrogen (secondary N) is 2. The average molecular weight is 541 g/mol. The molecule has 0 aliphatic carbocycles. The van der Waals surface area contributed by atoms with Crippen LogP contribution in [0.25, 0.3) is 0 Å². The Bertz CT molecular complexity index is 1420. The number of sulfonamides is 1. The number of hydrogen-bond acceptors (Lipinski definition) is 7. The molecule has 0 saturated heterocycles. The highest BCUT2D eigenvalue weighted by Crippen LogP contribution is 2.16. The van der Waals surface area contributed by atoms with Gasteiger partial charge in [-0.3, -0.25) is 14.6 Å². The summed E-state index contributed by atoms with van der Waals surface area (Å²) in [6.07, 6.45) is 4.10. The van der Waals surface area contributed by atoms with Crippen molar-refractivity contribution < 1.29 is 32.3 Å². The van der Waals surface area contributed by atoms with Gasteiger partial charge in [-0.1, -0.05) is 31.9 Å². The molecule has 0 bridgehead atoms. The molecule has 0 fully saturated rings. The van der Waals surface area contributed by atoms with E-state index in [2.05, 4.69) is 10.3 Å². The molecule has 0 atom stereocenters. The normalized spacial score (nSPS) is 11.1. The number of amides is 2. The molecule has 0 saturated carbocycles. The first kappa shape index (κ1) is 28.5. The van der Waals surface area contributed by atoms with Crippen LogP contribution in [0.5, 0.6) is 0 Å². The van der Waals surface area contributed by atoms with Crippen molar-refractivity contribution in [2.45, 2.75) is 43.9 Å². The second-order valence-corrected chi connectivity index (χ2v) is 10.3. The van der Waals surface area contributed by atoms with Crippen LogP contribution in [0.15, 0.2) is 65.7 Å². The van der Waals surface area contributed by atoms with Gasteiger partial charge in [-0.05, 0) is 72.9 Å². The first-order chi connectivity index (χ1) is 18.1. The molecule has 1 heterocycles. The van der Waals surface area contributed by atoms with Crippen molar-refractivity contribution in [2.75, 3.05) is 6.54 Å². The van der Waals surface area contributed by atoms with Gasteiger partial charge in [-0.2, -0.15) is 0 Å². The van der Waals surface area contributed by atoms with Crippen LogP contribution >= 0.6 is 0 Å². The highest BCUT2D eigenvalue weighted by molar-refractivity contribution is 7.90. The van der Waals surface area contributed by atoms with Gasteiger partial charge in [-0.25, -0.2) is 17.5 Å². The number of hydrogen-bond donors (Lipinski definition) is 2. The number of rotatable bonds is 12. The number of benzene rings is 2. The third-order valence-electron chi connectivity index (χ3n) is 5.71. The molecule has 1 aromatic heterocycles. The number of carbonyl (C=O) groups is 3. The molecule has 38 heavy (non-hydrogen) atoms. The number of unbranched alkanes of at least 4 members (excludes halogenated alkanes) is 2. The minimum atomic E-state index is -4.26. The van der Waals surface area contributed by atoms with Gasteiger partial charge in [0, 0.05) is 18.3 Å². The van der Waals surface area contributed by atoms with Gasteiger partial charge < -0.3 is 15.2 Å². The van der Waals surface area contributed by atoms with Crippen LogP contribution in [0.3, 0.4) is 0 Å². The first-order valence-electron chi connectivity index (χ1n) is 12.0. The van der Waals surface area contributed by atoms with Crippen molar-refractivity contribution in [1.29, 1.82) is 0 Å². The molecule has 9 nitrogen and oxygen atoms in total. The van der Waals surface area contributed by atoms with Gasteiger partial charge in [0.15, 0.2) is 0 Å². The van der Waals surface area contributed by atoms with E-state index in [9.17, 15) is 32.3 Å². The number of carbonyl (C=O) groups excluding carboxylic acids is 3. The lowest BCUT2D eigenvalue weighted by Crippen LogP contribution is -2.31. The van der Waals surface area contributed by atoms with Crippen molar-refractivity contribution in [3.63, 3.8) is 0 Å². The summed E-state index contributed by atoms with van der Waals surface area (Å²) in [5, 5.41) is 14.1. The molecule has 200 valence electrons. The van der Waals surface area contributed by atoms with Gasteiger partial charge >= 0.3 is 0 Å². The largest absolute Gasteiger partial charge is 0.543 e. The number of halogens is 1. The maximum absolute atomic E-state index is 13.0. The fourth-order valence-electron chi connectivity index (χ4n) is 3.71. The predicted octanol–water partition coefficient (Wildman–Crippen LogP) is 2.41. The number of pyridine rings is 1. The van der Waals surface area contributed by atoms with E-state index in [4.69, 9.17) is 0 Å².